The third-order valence-electron chi connectivity index (χ3n) is 5.93. The van der Waals surface area contributed by atoms with Gasteiger partial charge < -0.3 is 14.6 Å². The smallest absolute Gasteiger partial charge is 0.344 e. The van der Waals surface area contributed by atoms with Crippen molar-refractivity contribution in [2.24, 2.45) is 0 Å². The number of aryl methyl sites for hydroxylation is 1. The highest BCUT2D eigenvalue weighted by atomic mass is 16.5. The fraction of sp³-hybridized carbons (Fsp3) is 0.409. The van der Waals surface area contributed by atoms with Crippen LogP contribution in [0.25, 0.3) is 5.65 Å². The zero-order chi connectivity index (χ0) is 22.1. The monoisotopic (exact) mass is 420 g/mol. The predicted octanol–water partition coefficient (Wildman–Crippen LogP) is 3.24. The van der Waals surface area contributed by atoms with E-state index in [-0.39, 0.29) is 11.6 Å². The highest BCUT2D eigenvalue weighted by molar-refractivity contribution is 5.99. The van der Waals surface area contributed by atoms with E-state index in [4.69, 9.17) is 4.74 Å². The van der Waals surface area contributed by atoms with Crippen LogP contribution in [0.15, 0.2) is 18.5 Å². The van der Waals surface area contributed by atoms with Gasteiger partial charge in [0.15, 0.2) is 12.3 Å². The third kappa shape index (κ3) is 3.65. The first-order valence-corrected chi connectivity index (χ1v) is 10.3. The molecule has 3 aromatic heterocycles. The summed E-state index contributed by atoms with van der Waals surface area (Å²) in [5, 5.41) is 16.7. The van der Waals surface area contributed by atoms with Gasteiger partial charge in [-0.2, -0.15) is 10.4 Å². The van der Waals surface area contributed by atoms with Crippen LogP contribution >= 0.6 is 0 Å². The molecule has 1 aliphatic rings. The molecule has 0 saturated heterocycles. The van der Waals surface area contributed by atoms with Crippen LogP contribution in [-0.2, 0) is 9.53 Å². The second-order valence-corrected chi connectivity index (χ2v) is 7.83. The SMILES string of the molecule is Cc1nn2cccnc2c1C(=O)OCC(=O)Nc1c(C#N)c(C)c(C)n1C1CCCC1. The average Bonchev–Trinajstić information content (AvgIpc) is 3.44. The number of fused-ring (bicyclic) bond motifs is 1. The van der Waals surface area contributed by atoms with Crippen LogP contribution in [0, 0.1) is 32.1 Å². The minimum absolute atomic E-state index is 0.229. The number of carbonyl (C=O) groups is 2. The summed E-state index contributed by atoms with van der Waals surface area (Å²) < 4.78 is 8.80. The highest BCUT2D eigenvalue weighted by Crippen LogP contribution is 2.37. The molecule has 0 atom stereocenters. The summed E-state index contributed by atoms with van der Waals surface area (Å²) >= 11 is 0. The standard InChI is InChI=1S/C22H24N6O3/c1-13-15(3)28(16-7-4-5-8-16)20(17(13)11-23)25-18(29)12-31-22(30)19-14(2)26-27-10-6-9-24-21(19)27/h6,9-10,16H,4-5,7-8,12H2,1-3H3,(H,25,29). The first-order chi connectivity index (χ1) is 14.9. The molecule has 160 valence electrons. The summed E-state index contributed by atoms with van der Waals surface area (Å²) in [6.45, 7) is 5.06. The van der Waals surface area contributed by atoms with E-state index in [0.717, 1.165) is 36.9 Å². The number of ether oxygens (including phenoxy) is 1. The maximum Gasteiger partial charge on any atom is 0.344 e. The number of nitriles is 1. The van der Waals surface area contributed by atoms with Crippen molar-refractivity contribution in [3.05, 3.63) is 46.5 Å². The second kappa shape index (κ2) is 8.22. The maximum atomic E-state index is 12.6. The van der Waals surface area contributed by atoms with Crippen molar-refractivity contribution in [2.75, 3.05) is 11.9 Å². The summed E-state index contributed by atoms with van der Waals surface area (Å²) in [6, 6.07) is 4.17. The number of carbonyl (C=O) groups excluding carboxylic acids is 2. The molecule has 1 fully saturated rings. The van der Waals surface area contributed by atoms with Crippen LogP contribution in [0.3, 0.4) is 0 Å². The Bertz CT molecular complexity index is 1210. The number of aromatic nitrogens is 4. The molecule has 4 rings (SSSR count). The molecule has 0 radical (unpaired) electrons. The van der Waals surface area contributed by atoms with Gasteiger partial charge in [-0.1, -0.05) is 12.8 Å². The number of hydrogen-bond donors (Lipinski definition) is 1. The minimum atomic E-state index is -0.666. The van der Waals surface area contributed by atoms with Crippen LogP contribution in [0.1, 0.15) is 64.6 Å². The van der Waals surface area contributed by atoms with Gasteiger partial charge in [-0.05, 0) is 45.2 Å². The van der Waals surface area contributed by atoms with Gasteiger partial charge in [-0.15, -0.1) is 0 Å². The molecule has 0 spiro atoms. The van der Waals surface area contributed by atoms with E-state index >= 15 is 0 Å². The van der Waals surface area contributed by atoms with Gasteiger partial charge in [0, 0.05) is 24.1 Å². The molecule has 3 aromatic rings. The summed E-state index contributed by atoms with van der Waals surface area (Å²) in [7, 11) is 0. The van der Waals surface area contributed by atoms with E-state index in [9.17, 15) is 14.9 Å². The van der Waals surface area contributed by atoms with Gasteiger partial charge in [0.05, 0.1) is 11.3 Å². The normalized spacial score (nSPS) is 14.0. The molecule has 9 heteroatoms. The molecule has 0 aromatic carbocycles. The van der Waals surface area contributed by atoms with E-state index in [1.807, 2.05) is 13.8 Å². The third-order valence-corrected chi connectivity index (χ3v) is 5.93. The van der Waals surface area contributed by atoms with Crippen LogP contribution < -0.4 is 5.32 Å². The molecular formula is C22H24N6O3. The van der Waals surface area contributed by atoms with Gasteiger partial charge >= 0.3 is 5.97 Å². The lowest BCUT2D eigenvalue weighted by atomic mass is 10.2. The number of amides is 1. The van der Waals surface area contributed by atoms with E-state index < -0.39 is 18.5 Å². The van der Waals surface area contributed by atoms with Crippen molar-refractivity contribution in [1.82, 2.24) is 19.2 Å². The summed E-state index contributed by atoms with van der Waals surface area (Å²) in [5.74, 6) is -0.677. The van der Waals surface area contributed by atoms with Crippen molar-refractivity contribution < 1.29 is 14.3 Å². The zero-order valence-corrected chi connectivity index (χ0v) is 17.8. The van der Waals surface area contributed by atoms with Gasteiger partial charge in [-0.3, -0.25) is 4.79 Å². The molecule has 1 saturated carbocycles. The fourth-order valence-corrected chi connectivity index (χ4v) is 4.31. The predicted molar refractivity (Wildman–Crippen MR) is 113 cm³/mol. The first kappa shape index (κ1) is 20.6. The van der Waals surface area contributed by atoms with Crippen LogP contribution in [0.5, 0.6) is 0 Å². The Morgan fingerprint density at radius 3 is 2.74 bits per heavy atom. The molecule has 9 nitrogen and oxygen atoms in total. The molecular weight excluding hydrogens is 396 g/mol. The zero-order valence-electron chi connectivity index (χ0n) is 17.8. The number of nitrogens with zero attached hydrogens (tertiary/aromatic N) is 5. The molecule has 1 aliphatic carbocycles. The van der Waals surface area contributed by atoms with Gasteiger partial charge in [0.25, 0.3) is 5.91 Å². The number of anilines is 1. The van der Waals surface area contributed by atoms with Crippen LogP contribution in [0.4, 0.5) is 5.82 Å². The molecule has 0 bridgehead atoms. The van der Waals surface area contributed by atoms with Crippen LogP contribution in [0.2, 0.25) is 0 Å². The Balaban J connectivity index is 1.52. The van der Waals surface area contributed by atoms with E-state index in [2.05, 4.69) is 26.0 Å². The molecule has 0 aliphatic heterocycles. The molecule has 3 heterocycles. The maximum absolute atomic E-state index is 12.6. The van der Waals surface area contributed by atoms with E-state index in [1.165, 1.54) is 4.52 Å². The van der Waals surface area contributed by atoms with Gasteiger partial charge in [0.2, 0.25) is 0 Å². The summed E-state index contributed by atoms with van der Waals surface area (Å²) in [5.41, 5.74) is 3.35. The lowest BCUT2D eigenvalue weighted by molar-refractivity contribution is -0.119. The molecule has 1 amide bonds. The topological polar surface area (TPSA) is 114 Å². The van der Waals surface area contributed by atoms with Crippen molar-refractivity contribution in [2.45, 2.75) is 52.5 Å². The van der Waals surface area contributed by atoms with Crippen molar-refractivity contribution in [3.8, 4) is 6.07 Å². The lowest BCUT2D eigenvalue weighted by Gasteiger charge is -2.19. The largest absolute Gasteiger partial charge is 0.452 e. The van der Waals surface area contributed by atoms with Crippen molar-refractivity contribution in [1.29, 1.82) is 5.26 Å². The van der Waals surface area contributed by atoms with Gasteiger partial charge in [0.1, 0.15) is 17.5 Å². The quantitative estimate of drug-likeness (QED) is 0.634. The molecule has 31 heavy (non-hydrogen) atoms. The van der Waals surface area contributed by atoms with Gasteiger partial charge in [-0.25, -0.2) is 14.3 Å². The first-order valence-electron chi connectivity index (χ1n) is 10.3. The number of hydrogen-bond acceptors (Lipinski definition) is 6. The van der Waals surface area contributed by atoms with E-state index in [0.29, 0.717) is 22.7 Å². The average molecular weight is 420 g/mol. The van der Waals surface area contributed by atoms with Crippen molar-refractivity contribution in [3.63, 3.8) is 0 Å². The van der Waals surface area contributed by atoms with Crippen molar-refractivity contribution >= 4 is 23.3 Å². The Morgan fingerprint density at radius 1 is 1.29 bits per heavy atom. The number of nitrogens with one attached hydrogen (secondary N) is 1. The van der Waals surface area contributed by atoms with Crippen LogP contribution in [-0.4, -0.2) is 37.6 Å². The summed E-state index contributed by atoms with van der Waals surface area (Å²) in [4.78, 5) is 29.4. The Kier molecular flexibility index (Phi) is 5.46. The number of rotatable bonds is 5. The minimum Gasteiger partial charge on any atom is -0.452 e. The molecule has 1 N–H and O–H groups in total. The lowest BCUT2D eigenvalue weighted by Crippen LogP contribution is -2.24. The van der Waals surface area contributed by atoms with E-state index in [1.54, 1.807) is 25.4 Å². The Morgan fingerprint density at radius 2 is 2.03 bits per heavy atom. The second-order valence-electron chi connectivity index (χ2n) is 7.83. The summed E-state index contributed by atoms with van der Waals surface area (Å²) in [6.07, 6.45) is 7.52. The highest BCUT2D eigenvalue weighted by Gasteiger charge is 2.27. The number of esters is 1. The molecule has 0 unspecified atom stereocenters. The Hall–Kier alpha value is -3.67. The fourth-order valence-electron chi connectivity index (χ4n) is 4.31. The Labute approximate surface area is 179 Å².